The second kappa shape index (κ2) is 4.40. The fraction of sp³-hybridized carbons (Fsp3) is 1.00. The molecule has 3 N–H and O–H groups in total. The Morgan fingerprint density at radius 1 is 1.73 bits per heavy atom. The Kier molecular flexibility index (Phi) is 3.78. The van der Waals surface area contributed by atoms with E-state index in [-0.39, 0.29) is 6.17 Å². The highest BCUT2D eigenvalue weighted by Crippen LogP contribution is 2.15. The Bertz CT molecular complexity index is 119. The maximum Gasteiger partial charge on any atom is 0.103 e. The van der Waals surface area contributed by atoms with Crippen molar-refractivity contribution in [3.05, 3.63) is 0 Å². The summed E-state index contributed by atoms with van der Waals surface area (Å²) in [6.45, 7) is 2.75. The molecule has 1 saturated heterocycles. The minimum absolute atomic E-state index is 0.258. The predicted octanol–water partition coefficient (Wildman–Crippen LogP) is 0.387. The third-order valence-corrected chi connectivity index (χ3v) is 2.61. The first-order valence-corrected chi connectivity index (χ1v) is 4.91. The highest BCUT2D eigenvalue weighted by Gasteiger charge is 2.19. The molecule has 0 radical (unpaired) electrons. The van der Waals surface area contributed by atoms with Crippen molar-refractivity contribution in [2.45, 2.75) is 37.0 Å². The molecule has 11 heavy (non-hydrogen) atoms. The van der Waals surface area contributed by atoms with Crippen LogP contribution in [0.4, 0.5) is 0 Å². The molecule has 3 nitrogen and oxygen atoms in total. The summed E-state index contributed by atoms with van der Waals surface area (Å²) in [5.41, 5.74) is 0. The van der Waals surface area contributed by atoms with Gasteiger partial charge in [-0.15, -0.1) is 0 Å². The van der Waals surface area contributed by atoms with Crippen LogP contribution >= 0.6 is 15.9 Å². The summed E-state index contributed by atoms with van der Waals surface area (Å²) in [7, 11) is 0. The zero-order valence-electron chi connectivity index (χ0n) is 6.68. The summed E-state index contributed by atoms with van der Waals surface area (Å²) in [6, 6.07) is 0. The second-order valence-corrected chi connectivity index (χ2v) is 4.27. The van der Waals surface area contributed by atoms with Gasteiger partial charge in [-0.3, -0.25) is 5.32 Å². The topological polar surface area (TPSA) is 44.3 Å². The Morgan fingerprint density at radius 2 is 2.45 bits per heavy atom. The van der Waals surface area contributed by atoms with Gasteiger partial charge in [0.1, 0.15) is 6.23 Å². The van der Waals surface area contributed by atoms with Crippen LogP contribution < -0.4 is 10.6 Å². The van der Waals surface area contributed by atoms with Crippen LogP contribution in [0.5, 0.6) is 0 Å². The lowest BCUT2D eigenvalue weighted by molar-refractivity contribution is 0.125. The van der Waals surface area contributed by atoms with Gasteiger partial charge in [0, 0.05) is 4.83 Å². The average molecular weight is 223 g/mol. The lowest BCUT2D eigenvalue weighted by Crippen LogP contribution is -2.50. The van der Waals surface area contributed by atoms with E-state index in [0.717, 1.165) is 19.4 Å². The van der Waals surface area contributed by atoms with Gasteiger partial charge in [0.2, 0.25) is 0 Å². The van der Waals surface area contributed by atoms with Crippen molar-refractivity contribution in [2.24, 2.45) is 0 Å². The first-order valence-electron chi connectivity index (χ1n) is 4.00. The number of rotatable bonds is 2. The molecule has 1 fully saturated rings. The van der Waals surface area contributed by atoms with Gasteiger partial charge < -0.3 is 10.4 Å². The molecule has 0 aromatic carbocycles. The SMILES string of the molecule is CC(O)NC1CC(Br)CCN1. The summed E-state index contributed by atoms with van der Waals surface area (Å²) in [4.78, 5) is 0.583. The van der Waals surface area contributed by atoms with Gasteiger partial charge in [0.05, 0.1) is 6.17 Å². The van der Waals surface area contributed by atoms with Gasteiger partial charge in [0.15, 0.2) is 0 Å². The van der Waals surface area contributed by atoms with E-state index in [1.807, 2.05) is 0 Å². The van der Waals surface area contributed by atoms with E-state index in [1.165, 1.54) is 0 Å². The number of hydrogen-bond acceptors (Lipinski definition) is 3. The van der Waals surface area contributed by atoms with Crippen molar-refractivity contribution < 1.29 is 5.11 Å². The van der Waals surface area contributed by atoms with Gasteiger partial charge in [-0.25, -0.2) is 0 Å². The monoisotopic (exact) mass is 222 g/mol. The molecular formula is C7H15BrN2O. The summed E-state index contributed by atoms with van der Waals surface area (Å²) in [5, 5.41) is 15.3. The molecule has 0 amide bonds. The van der Waals surface area contributed by atoms with Crippen molar-refractivity contribution >= 4 is 15.9 Å². The zero-order chi connectivity index (χ0) is 8.27. The molecule has 1 heterocycles. The van der Waals surface area contributed by atoms with E-state index < -0.39 is 6.23 Å². The van der Waals surface area contributed by atoms with Crippen LogP contribution in [0.25, 0.3) is 0 Å². The van der Waals surface area contributed by atoms with Gasteiger partial charge >= 0.3 is 0 Å². The normalized spacial score (nSPS) is 35.2. The molecule has 66 valence electrons. The minimum Gasteiger partial charge on any atom is -0.379 e. The third kappa shape index (κ3) is 3.51. The molecule has 4 heteroatoms. The quantitative estimate of drug-likeness (QED) is 0.468. The van der Waals surface area contributed by atoms with Crippen molar-refractivity contribution in [3.63, 3.8) is 0 Å². The molecule has 1 aliphatic rings. The first kappa shape index (κ1) is 9.45. The van der Waals surface area contributed by atoms with Crippen molar-refractivity contribution in [2.75, 3.05) is 6.54 Å². The predicted molar refractivity (Wildman–Crippen MR) is 48.6 cm³/mol. The van der Waals surface area contributed by atoms with Gasteiger partial charge in [-0.2, -0.15) is 0 Å². The fourth-order valence-corrected chi connectivity index (χ4v) is 1.89. The third-order valence-electron chi connectivity index (χ3n) is 1.78. The molecule has 0 spiro atoms. The Balaban J connectivity index is 2.23. The molecule has 1 aliphatic heterocycles. The fourth-order valence-electron chi connectivity index (χ4n) is 1.29. The van der Waals surface area contributed by atoms with Crippen molar-refractivity contribution in [1.29, 1.82) is 0 Å². The van der Waals surface area contributed by atoms with Gasteiger partial charge in [0.25, 0.3) is 0 Å². The molecule has 0 aliphatic carbocycles. The number of hydrogen-bond donors (Lipinski definition) is 3. The number of aliphatic hydroxyl groups excluding tert-OH is 1. The van der Waals surface area contributed by atoms with Gasteiger partial charge in [-0.05, 0) is 26.3 Å². The van der Waals surface area contributed by atoms with E-state index in [0.29, 0.717) is 4.83 Å². The van der Waals surface area contributed by atoms with Crippen molar-refractivity contribution in [3.8, 4) is 0 Å². The minimum atomic E-state index is -0.426. The lowest BCUT2D eigenvalue weighted by Gasteiger charge is -2.29. The Hall–Kier alpha value is 0.360. The summed E-state index contributed by atoms with van der Waals surface area (Å²) < 4.78 is 0. The van der Waals surface area contributed by atoms with E-state index >= 15 is 0 Å². The molecule has 3 unspecified atom stereocenters. The Morgan fingerprint density at radius 3 is 3.00 bits per heavy atom. The summed E-state index contributed by atoms with van der Waals surface area (Å²) in [6.07, 6.45) is 2.03. The van der Waals surface area contributed by atoms with E-state index in [1.54, 1.807) is 6.92 Å². The van der Waals surface area contributed by atoms with Crippen molar-refractivity contribution in [1.82, 2.24) is 10.6 Å². The molecule has 0 aromatic heterocycles. The van der Waals surface area contributed by atoms with Crippen LogP contribution in [0.2, 0.25) is 0 Å². The number of alkyl halides is 1. The van der Waals surface area contributed by atoms with Crippen LogP contribution in [-0.2, 0) is 0 Å². The standard InChI is InChI=1S/C7H15BrN2O/c1-5(11)10-7-4-6(8)2-3-9-7/h5-7,9-11H,2-4H2,1H3. The van der Waals surface area contributed by atoms with Crippen LogP contribution in [0.3, 0.4) is 0 Å². The number of nitrogens with one attached hydrogen (secondary N) is 2. The molecule has 0 saturated carbocycles. The van der Waals surface area contributed by atoms with E-state index in [2.05, 4.69) is 26.6 Å². The number of aliphatic hydroxyl groups is 1. The maximum atomic E-state index is 9.02. The summed E-state index contributed by atoms with van der Waals surface area (Å²) in [5.74, 6) is 0. The number of piperidine rings is 1. The first-order chi connectivity index (χ1) is 5.18. The second-order valence-electron chi connectivity index (χ2n) is 2.97. The van der Waals surface area contributed by atoms with E-state index in [4.69, 9.17) is 5.11 Å². The molecule has 3 atom stereocenters. The van der Waals surface area contributed by atoms with Crippen LogP contribution in [0.1, 0.15) is 19.8 Å². The number of halogens is 1. The maximum absolute atomic E-state index is 9.02. The zero-order valence-corrected chi connectivity index (χ0v) is 8.26. The van der Waals surface area contributed by atoms with E-state index in [9.17, 15) is 0 Å². The molecule has 0 bridgehead atoms. The Labute approximate surface area is 75.7 Å². The van der Waals surface area contributed by atoms with Crippen LogP contribution in [-0.4, -0.2) is 28.9 Å². The highest BCUT2D eigenvalue weighted by molar-refractivity contribution is 9.09. The smallest absolute Gasteiger partial charge is 0.103 e. The molecular weight excluding hydrogens is 208 g/mol. The summed E-state index contributed by atoms with van der Waals surface area (Å²) >= 11 is 3.56. The lowest BCUT2D eigenvalue weighted by atomic mass is 10.1. The van der Waals surface area contributed by atoms with Crippen LogP contribution in [0.15, 0.2) is 0 Å². The largest absolute Gasteiger partial charge is 0.379 e. The average Bonchev–Trinajstić information content (AvgIpc) is 1.85. The van der Waals surface area contributed by atoms with Gasteiger partial charge in [-0.1, -0.05) is 15.9 Å². The molecule has 1 rings (SSSR count). The highest BCUT2D eigenvalue weighted by atomic mass is 79.9. The van der Waals surface area contributed by atoms with Crippen LogP contribution in [0, 0.1) is 0 Å². The molecule has 0 aromatic rings.